The molecule has 0 amide bonds. The van der Waals surface area contributed by atoms with Crippen LogP contribution in [0.25, 0.3) is 0 Å². The number of aryl methyl sites for hydroxylation is 1. The minimum Gasteiger partial charge on any atom is -0.487 e. The van der Waals surface area contributed by atoms with Crippen LogP contribution >= 0.6 is 23.7 Å². The van der Waals surface area contributed by atoms with Crippen molar-refractivity contribution in [3.05, 3.63) is 34.8 Å². The van der Waals surface area contributed by atoms with Gasteiger partial charge in [-0.2, -0.15) is 0 Å². The van der Waals surface area contributed by atoms with E-state index in [1.165, 1.54) is 10.4 Å². The highest BCUT2D eigenvalue weighted by Crippen LogP contribution is 2.35. The number of benzene rings is 1. The third kappa shape index (κ3) is 2.99. The lowest BCUT2D eigenvalue weighted by Gasteiger charge is -2.34. The summed E-state index contributed by atoms with van der Waals surface area (Å²) in [4.78, 5) is 7.62. The number of thiazole rings is 1. The van der Waals surface area contributed by atoms with Crippen LogP contribution in [0, 0.1) is 6.92 Å². The van der Waals surface area contributed by atoms with Gasteiger partial charge in [0.25, 0.3) is 0 Å². The van der Waals surface area contributed by atoms with Crippen molar-refractivity contribution >= 4 is 34.6 Å². The van der Waals surface area contributed by atoms with Crippen LogP contribution in [0.2, 0.25) is 0 Å². The summed E-state index contributed by atoms with van der Waals surface area (Å²) in [5.74, 6) is 0.969. The molecule has 20 heavy (non-hydrogen) atoms. The zero-order valence-corrected chi connectivity index (χ0v) is 13.1. The molecular formula is C14H18ClN3OS. The number of nitrogen functional groups attached to an aromatic ring is 1. The van der Waals surface area contributed by atoms with Crippen LogP contribution in [-0.4, -0.2) is 17.6 Å². The summed E-state index contributed by atoms with van der Waals surface area (Å²) in [6, 6.07) is 6.34. The highest BCUT2D eigenvalue weighted by atomic mass is 35.5. The van der Waals surface area contributed by atoms with Gasteiger partial charge in [0, 0.05) is 11.1 Å². The molecule has 1 aromatic carbocycles. The first kappa shape index (κ1) is 14.9. The highest BCUT2D eigenvalue weighted by Gasteiger charge is 2.23. The van der Waals surface area contributed by atoms with Crippen LogP contribution in [0.15, 0.2) is 24.4 Å². The third-order valence-electron chi connectivity index (χ3n) is 3.18. The fourth-order valence-electron chi connectivity index (χ4n) is 2.37. The Balaban J connectivity index is 0.00000147. The molecule has 1 atom stereocenters. The van der Waals surface area contributed by atoms with Gasteiger partial charge >= 0.3 is 0 Å². The normalized spacial score (nSPS) is 17.1. The number of rotatable bonds is 2. The second kappa shape index (κ2) is 5.89. The molecule has 1 unspecified atom stereocenters. The van der Waals surface area contributed by atoms with E-state index in [-0.39, 0.29) is 18.5 Å². The average molecular weight is 312 g/mol. The number of halogens is 1. The molecule has 2 heterocycles. The summed E-state index contributed by atoms with van der Waals surface area (Å²) in [5.41, 5.74) is 8.06. The van der Waals surface area contributed by atoms with Crippen molar-refractivity contribution in [2.24, 2.45) is 0 Å². The Kier molecular flexibility index (Phi) is 4.40. The fourth-order valence-corrected chi connectivity index (χ4v) is 3.07. The maximum absolute atomic E-state index is 5.91. The minimum absolute atomic E-state index is 0. The summed E-state index contributed by atoms with van der Waals surface area (Å²) >= 11 is 1.54. The molecule has 2 N–H and O–H groups in total. The van der Waals surface area contributed by atoms with Crippen LogP contribution in [0.4, 0.5) is 10.8 Å². The predicted molar refractivity (Wildman–Crippen MR) is 86.1 cm³/mol. The first-order valence-corrected chi connectivity index (χ1v) is 7.16. The number of aromatic nitrogens is 1. The number of fused-ring (bicyclic) bond motifs is 1. The number of nitrogens with two attached hydrogens (primary N) is 1. The standard InChI is InChI=1S/C14H17N3OS.ClH/c1-9-3-4-12-13(5-9)18-10(2)7-17(12)8-11-6-16-14(15)19-11;/h3-6,10H,7-8H2,1-2H3,(H2,15,16);1H. The van der Waals surface area contributed by atoms with Gasteiger partial charge < -0.3 is 15.4 Å². The fraction of sp³-hybridized carbons (Fsp3) is 0.357. The van der Waals surface area contributed by atoms with Gasteiger partial charge in [-0.15, -0.1) is 23.7 Å². The minimum atomic E-state index is 0. The van der Waals surface area contributed by atoms with E-state index < -0.39 is 0 Å². The van der Waals surface area contributed by atoms with Gasteiger partial charge in [0.05, 0.1) is 18.8 Å². The molecule has 2 aromatic rings. The molecule has 1 aromatic heterocycles. The second-order valence-corrected chi connectivity index (χ2v) is 6.09. The zero-order valence-electron chi connectivity index (χ0n) is 11.5. The molecule has 0 fully saturated rings. The van der Waals surface area contributed by atoms with Crippen LogP contribution in [0.5, 0.6) is 5.75 Å². The van der Waals surface area contributed by atoms with Gasteiger partial charge in [0.2, 0.25) is 0 Å². The van der Waals surface area contributed by atoms with E-state index in [0.29, 0.717) is 5.13 Å². The number of nitrogens with zero attached hydrogens (tertiary/aromatic N) is 2. The molecule has 0 saturated heterocycles. The van der Waals surface area contributed by atoms with E-state index in [9.17, 15) is 0 Å². The Morgan fingerprint density at radius 1 is 1.50 bits per heavy atom. The molecule has 6 heteroatoms. The van der Waals surface area contributed by atoms with Crippen molar-refractivity contribution in [3.63, 3.8) is 0 Å². The Morgan fingerprint density at radius 2 is 2.30 bits per heavy atom. The molecule has 0 aliphatic carbocycles. The van der Waals surface area contributed by atoms with Crippen molar-refractivity contribution in [3.8, 4) is 5.75 Å². The Morgan fingerprint density at radius 3 is 3.00 bits per heavy atom. The smallest absolute Gasteiger partial charge is 0.180 e. The summed E-state index contributed by atoms with van der Waals surface area (Å²) < 4.78 is 5.91. The van der Waals surface area contributed by atoms with E-state index >= 15 is 0 Å². The number of hydrogen-bond acceptors (Lipinski definition) is 5. The molecule has 4 nitrogen and oxygen atoms in total. The first-order chi connectivity index (χ1) is 9.11. The summed E-state index contributed by atoms with van der Waals surface area (Å²) in [6.45, 7) is 5.89. The maximum atomic E-state index is 5.91. The molecule has 0 saturated carbocycles. The lowest BCUT2D eigenvalue weighted by molar-refractivity contribution is 0.212. The molecule has 3 rings (SSSR count). The van der Waals surface area contributed by atoms with E-state index in [1.54, 1.807) is 11.3 Å². The van der Waals surface area contributed by atoms with Crippen LogP contribution < -0.4 is 15.4 Å². The second-order valence-electron chi connectivity index (χ2n) is 4.94. The monoisotopic (exact) mass is 311 g/mol. The highest BCUT2D eigenvalue weighted by molar-refractivity contribution is 7.15. The van der Waals surface area contributed by atoms with Crippen molar-refractivity contribution in [2.75, 3.05) is 17.2 Å². The topological polar surface area (TPSA) is 51.4 Å². The number of hydrogen-bond donors (Lipinski definition) is 1. The Labute approximate surface area is 129 Å². The van der Waals surface area contributed by atoms with Crippen molar-refractivity contribution < 1.29 is 4.74 Å². The lowest BCUT2D eigenvalue weighted by atomic mass is 10.1. The lowest BCUT2D eigenvalue weighted by Crippen LogP contribution is -2.37. The van der Waals surface area contributed by atoms with E-state index in [0.717, 1.165) is 24.5 Å². The van der Waals surface area contributed by atoms with Crippen LogP contribution in [0.3, 0.4) is 0 Å². The first-order valence-electron chi connectivity index (χ1n) is 6.34. The average Bonchev–Trinajstić information content (AvgIpc) is 2.74. The van der Waals surface area contributed by atoms with Crippen LogP contribution in [-0.2, 0) is 6.54 Å². The number of anilines is 2. The predicted octanol–water partition coefficient (Wildman–Crippen LogP) is 3.24. The quantitative estimate of drug-likeness (QED) is 0.925. The largest absolute Gasteiger partial charge is 0.487 e. The Bertz CT molecular complexity index is 602. The Hall–Kier alpha value is -1.46. The SMILES string of the molecule is Cc1ccc2c(c1)OC(C)CN2Cc1cnc(N)s1.Cl. The zero-order chi connectivity index (χ0) is 13.4. The van der Waals surface area contributed by atoms with Gasteiger partial charge in [-0.3, -0.25) is 0 Å². The van der Waals surface area contributed by atoms with Gasteiger partial charge in [-0.05, 0) is 31.5 Å². The van der Waals surface area contributed by atoms with Crippen molar-refractivity contribution in [1.29, 1.82) is 0 Å². The van der Waals surface area contributed by atoms with Gasteiger partial charge in [-0.25, -0.2) is 4.98 Å². The molecule has 0 spiro atoms. The molecule has 1 aliphatic heterocycles. The van der Waals surface area contributed by atoms with Crippen molar-refractivity contribution in [2.45, 2.75) is 26.5 Å². The molecule has 0 radical (unpaired) electrons. The molecule has 108 valence electrons. The van der Waals surface area contributed by atoms with Crippen LogP contribution in [0.1, 0.15) is 17.4 Å². The van der Waals surface area contributed by atoms with E-state index in [1.807, 2.05) is 6.20 Å². The molecule has 0 bridgehead atoms. The van der Waals surface area contributed by atoms with E-state index in [4.69, 9.17) is 10.5 Å². The third-order valence-corrected chi connectivity index (χ3v) is 3.99. The molecule has 1 aliphatic rings. The van der Waals surface area contributed by atoms with Gasteiger partial charge in [-0.1, -0.05) is 6.07 Å². The van der Waals surface area contributed by atoms with Crippen molar-refractivity contribution in [1.82, 2.24) is 4.98 Å². The maximum Gasteiger partial charge on any atom is 0.180 e. The summed E-state index contributed by atoms with van der Waals surface area (Å²) in [5, 5.41) is 0.625. The number of ether oxygens (including phenoxy) is 1. The van der Waals surface area contributed by atoms with E-state index in [2.05, 4.69) is 41.9 Å². The van der Waals surface area contributed by atoms with Gasteiger partial charge in [0.1, 0.15) is 11.9 Å². The summed E-state index contributed by atoms with van der Waals surface area (Å²) in [6.07, 6.45) is 2.05. The van der Waals surface area contributed by atoms with Gasteiger partial charge in [0.15, 0.2) is 5.13 Å². The summed E-state index contributed by atoms with van der Waals surface area (Å²) in [7, 11) is 0. The molecular weight excluding hydrogens is 294 g/mol.